The molecule has 1 heterocycles. The molecule has 0 saturated carbocycles. The Morgan fingerprint density at radius 2 is 2.45 bits per heavy atom. The monoisotopic (exact) mass is 158 g/mol. The first-order chi connectivity index (χ1) is 5.43. The number of rotatable bonds is 4. The van der Waals surface area contributed by atoms with Crippen LogP contribution in [0.5, 0.6) is 0 Å². The molecule has 1 rings (SSSR count). The molecule has 1 aliphatic heterocycles. The SMILES string of the molecule is O=CCCO[C@@H]1CCCCO1. The Hall–Kier alpha value is -0.410. The van der Waals surface area contributed by atoms with Crippen LogP contribution in [0.15, 0.2) is 0 Å². The zero-order chi connectivity index (χ0) is 7.94. The van der Waals surface area contributed by atoms with E-state index in [0.29, 0.717) is 13.0 Å². The minimum absolute atomic E-state index is 0.0521. The fraction of sp³-hybridized carbons (Fsp3) is 0.875. The fourth-order valence-corrected chi connectivity index (χ4v) is 1.09. The van der Waals surface area contributed by atoms with E-state index in [9.17, 15) is 4.79 Å². The van der Waals surface area contributed by atoms with Crippen molar-refractivity contribution in [1.29, 1.82) is 0 Å². The molecular formula is C8H14O3. The second kappa shape index (κ2) is 5.27. The van der Waals surface area contributed by atoms with Crippen molar-refractivity contribution in [1.82, 2.24) is 0 Å². The van der Waals surface area contributed by atoms with Crippen molar-refractivity contribution in [3.63, 3.8) is 0 Å². The molecule has 0 spiro atoms. The van der Waals surface area contributed by atoms with E-state index in [1.54, 1.807) is 0 Å². The molecule has 1 aliphatic rings. The Kier molecular flexibility index (Phi) is 4.16. The maximum Gasteiger partial charge on any atom is 0.157 e. The van der Waals surface area contributed by atoms with Crippen LogP contribution in [0, 0.1) is 0 Å². The molecular weight excluding hydrogens is 144 g/mol. The third-order valence-electron chi connectivity index (χ3n) is 1.68. The first kappa shape index (κ1) is 8.68. The van der Waals surface area contributed by atoms with Gasteiger partial charge < -0.3 is 14.3 Å². The predicted octanol–water partition coefficient (Wildman–Crippen LogP) is 1.12. The lowest BCUT2D eigenvalue weighted by atomic mass is 10.2. The summed E-state index contributed by atoms with van der Waals surface area (Å²) in [4.78, 5) is 9.93. The van der Waals surface area contributed by atoms with Gasteiger partial charge in [-0.1, -0.05) is 0 Å². The Bertz CT molecular complexity index is 108. The molecule has 0 N–H and O–H groups in total. The maximum absolute atomic E-state index is 9.93. The molecule has 1 saturated heterocycles. The predicted molar refractivity (Wildman–Crippen MR) is 40.2 cm³/mol. The Balaban J connectivity index is 2.00. The van der Waals surface area contributed by atoms with Gasteiger partial charge in [0.1, 0.15) is 6.29 Å². The van der Waals surface area contributed by atoms with Crippen molar-refractivity contribution >= 4 is 6.29 Å². The van der Waals surface area contributed by atoms with Gasteiger partial charge in [0.15, 0.2) is 6.29 Å². The molecule has 0 aromatic heterocycles. The molecule has 3 nitrogen and oxygen atoms in total. The molecule has 1 atom stereocenters. The summed E-state index contributed by atoms with van der Waals surface area (Å²) in [5.74, 6) is 0. The summed E-state index contributed by atoms with van der Waals surface area (Å²) in [5, 5.41) is 0. The van der Waals surface area contributed by atoms with Crippen LogP contribution in [0.3, 0.4) is 0 Å². The zero-order valence-corrected chi connectivity index (χ0v) is 6.62. The van der Waals surface area contributed by atoms with E-state index in [0.717, 1.165) is 25.7 Å². The van der Waals surface area contributed by atoms with Crippen molar-refractivity contribution in [3.05, 3.63) is 0 Å². The molecule has 0 bridgehead atoms. The lowest BCUT2D eigenvalue weighted by Crippen LogP contribution is -2.22. The van der Waals surface area contributed by atoms with Crippen LogP contribution >= 0.6 is 0 Å². The topological polar surface area (TPSA) is 35.5 Å². The van der Waals surface area contributed by atoms with Crippen molar-refractivity contribution in [2.75, 3.05) is 13.2 Å². The highest BCUT2D eigenvalue weighted by molar-refractivity contribution is 5.49. The normalized spacial score (nSPS) is 24.9. The van der Waals surface area contributed by atoms with Gasteiger partial charge in [-0.2, -0.15) is 0 Å². The summed E-state index contributed by atoms with van der Waals surface area (Å²) < 4.78 is 10.6. The molecule has 64 valence electrons. The number of carbonyl (C=O) groups excluding carboxylic acids is 1. The Labute approximate surface area is 66.7 Å². The minimum atomic E-state index is -0.0521. The van der Waals surface area contributed by atoms with E-state index >= 15 is 0 Å². The Morgan fingerprint density at radius 3 is 3.09 bits per heavy atom. The number of hydrogen-bond acceptors (Lipinski definition) is 3. The summed E-state index contributed by atoms with van der Waals surface area (Å²) in [7, 11) is 0. The summed E-state index contributed by atoms with van der Waals surface area (Å²) in [6, 6.07) is 0. The molecule has 0 aromatic carbocycles. The molecule has 0 aromatic rings. The molecule has 3 heteroatoms. The van der Waals surface area contributed by atoms with Gasteiger partial charge in [0.05, 0.1) is 6.61 Å². The van der Waals surface area contributed by atoms with E-state index < -0.39 is 0 Å². The van der Waals surface area contributed by atoms with Gasteiger partial charge in [-0.3, -0.25) is 0 Å². The van der Waals surface area contributed by atoms with Gasteiger partial charge in [0, 0.05) is 13.0 Å². The average Bonchev–Trinajstić information content (AvgIpc) is 2.07. The number of hydrogen-bond donors (Lipinski definition) is 0. The quantitative estimate of drug-likeness (QED) is 0.454. The highest BCUT2D eigenvalue weighted by Crippen LogP contribution is 2.13. The van der Waals surface area contributed by atoms with E-state index in [4.69, 9.17) is 9.47 Å². The van der Waals surface area contributed by atoms with Gasteiger partial charge in [-0.25, -0.2) is 0 Å². The smallest absolute Gasteiger partial charge is 0.157 e. The number of carbonyl (C=O) groups is 1. The molecule has 0 aliphatic carbocycles. The van der Waals surface area contributed by atoms with Gasteiger partial charge in [-0.15, -0.1) is 0 Å². The van der Waals surface area contributed by atoms with Crippen LogP contribution in [0.2, 0.25) is 0 Å². The summed E-state index contributed by atoms with van der Waals surface area (Å²) in [6.07, 6.45) is 4.56. The van der Waals surface area contributed by atoms with Crippen LogP contribution in [-0.4, -0.2) is 25.8 Å². The van der Waals surface area contributed by atoms with Crippen LogP contribution in [-0.2, 0) is 14.3 Å². The summed E-state index contributed by atoms with van der Waals surface area (Å²) in [6.45, 7) is 1.29. The van der Waals surface area contributed by atoms with Crippen LogP contribution in [0.1, 0.15) is 25.7 Å². The first-order valence-electron chi connectivity index (χ1n) is 4.10. The minimum Gasteiger partial charge on any atom is -0.353 e. The van der Waals surface area contributed by atoms with Gasteiger partial charge in [0.2, 0.25) is 0 Å². The second-order valence-electron chi connectivity index (χ2n) is 2.62. The number of aldehydes is 1. The van der Waals surface area contributed by atoms with Crippen molar-refractivity contribution in [2.24, 2.45) is 0 Å². The van der Waals surface area contributed by atoms with Crippen molar-refractivity contribution in [2.45, 2.75) is 32.0 Å². The van der Waals surface area contributed by atoms with Gasteiger partial charge in [-0.05, 0) is 19.3 Å². The lowest BCUT2D eigenvalue weighted by molar-refractivity contribution is -0.162. The highest BCUT2D eigenvalue weighted by atomic mass is 16.7. The molecule has 0 unspecified atom stereocenters. The summed E-state index contributed by atoms with van der Waals surface area (Å²) in [5.41, 5.74) is 0. The first-order valence-corrected chi connectivity index (χ1v) is 4.10. The zero-order valence-electron chi connectivity index (χ0n) is 6.62. The van der Waals surface area contributed by atoms with E-state index in [-0.39, 0.29) is 6.29 Å². The third kappa shape index (κ3) is 3.49. The lowest BCUT2D eigenvalue weighted by Gasteiger charge is -2.22. The molecule has 0 radical (unpaired) electrons. The van der Waals surface area contributed by atoms with Gasteiger partial charge in [0.25, 0.3) is 0 Å². The maximum atomic E-state index is 9.93. The largest absolute Gasteiger partial charge is 0.353 e. The van der Waals surface area contributed by atoms with Crippen LogP contribution in [0.25, 0.3) is 0 Å². The Morgan fingerprint density at radius 1 is 1.55 bits per heavy atom. The average molecular weight is 158 g/mol. The summed E-state index contributed by atoms with van der Waals surface area (Å²) >= 11 is 0. The van der Waals surface area contributed by atoms with Crippen LogP contribution < -0.4 is 0 Å². The van der Waals surface area contributed by atoms with E-state index in [1.165, 1.54) is 6.42 Å². The molecule has 1 fully saturated rings. The van der Waals surface area contributed by atoms with E-state index in [2.05, 4.69) is 0 Å². The fourth-order valence-electron chi connectivity index (χ4n) is 1.09. The standard InChI is InChI=1S/C8H14O3/c9-5-3-7-11-8-4-1-2-6-10-8/h5,8H,1-4,6-7H2/t8-/m1/s1. The number of ether oxygens (including phenoxy) is 2. The molecule has 11 heavy (non-hydrogen) atoms. The van der Waals surface area contributed by atoms with Crippen LogP contribution in [0.4, 0.5) is 0 Å². The van der Waals surface area contributed by atoms with Gasteiger partial charge >= 0.3 is 0 Å². The van der Waals surface area contributed by atoms with E-state index in [1.807, 2.05) is 0 Å². The third-order valence-corrected chi connectivity index (χ3v) is 1.68. The van der Waals surface area contributed by atoms with Crippen molar-refractivity contribution in [3.8, 4) is 0 Å². The molecule has 0 amide bonds. The highest BCUT2D eigenvalue weighted by Gasteiger charge is 2.12. The van der Waals surface area contributed by atoms with Crippen molar-refractivity contribution < 1.29 is 14.3 Å². The second-order valence-corrected chi connectivity index (χ2v) is 2.62.